The van der Waals surface area contributed by atoms with Crippen molar-refractivity contribution in [2.24, 2.45) is 0 Å². The Bertz CT molecular complexity index is 306. The predicted molar refractivity (Wildman–Crippen MR) is 63.0 cm³/mol. The van der Waals surface area contributed by atoms with Gasteiger partial charge in [-0.1, -0.05) is 11.8 Å². The van der Waals surface area contributed by atoms with Gasteiger partial charge < -0.3 is 5.32 Å². The van der Waals surface area contributed by atoms with E-state index in [-0.39, 0.29) is 5.12 Å². The molecule has 0 heterocycles. The number of rotatable bonds is 3. The Kier molecular flexibility index (Phi) is 4.01. The summed E-state index contributed by atoms with van der Waals surface area (Å²) in [5.41, 5.74) is 1.81. The van der Waals surface area contributed by atoms with E-state index in [1.807, 2.05) is 24.3 Å². The van der Waals surface area contributed by atoms with Crippen molar-refractivity contribution in [1.82, 2.24) is 0 Å². The summed E-state index contributed by atoms with van der Waals surface area (Å²) in [6.45, 7) is 4.17. The van der Waals surface area contributed by atoms with E-state index >= 15 is 0 Å². The van der Waals surface area contributed by atoms with Crippen molar-refractivity contribution in [3.8, 4) is 0 Å². The van der Waals surface area contributed by atoms with Gasteiger partial charge in [0.05, 0.1) is 0 Å². The molecule has 3 heteroatoms. The molecule has 0 spiro atoms. The summed E-state index contributed by atoms with van der Waals surface area (Å²) in [5.74, 6) is 0. The molecule has 0 aliphatic carbocycles. The van der Waals surface area contributed by atoms with Gasteiger partial charge in [-0.3, -0.25) is 4.79 Å². The molecule has 1 aromatic rings. The molecule has 0 bridgehead atoms. The highest BCUT2D eigenvalue weighted by molar-refractivity contribution is 8.13. The number of benzene rings is 1. The zero-order valence-electron chi connectivity index (χ0n) is 8.70. The molecule has 2 nitrogen and oxygen atoms in total. The molecule has 0 aliphatic heterocycles. The summed E-state index contributed by atoms with van der Waals surface area (Å²) >= 11 is 1.24. The van der Waals surface area contributed by atoms with Crippen LogP contribution in [0.2, 0.25) is 0 Å². The summed E-state index contributed by atoms with van der Waals surface area (Å²) in [4.78, 5) is 11.3. The van der Waals surface area contributed by atoms with E-state index in [2.05, 4.69) is 19.2 Å². The minimum absolute atomic E-state index is 0.112. The maximum atomic E-state index is 11.3. The number of hydrogen-bond acceptors (Lipinski definition) is 3. The van der Waals surface area contributed by atoms with Crippen molar-refractivity contribution in [3.63, 3.8) is 0 Å². The van der Waals surface area contributed by atoms with E-state index in [0.29, 0.717) is 6.04 Å². The van der Waals surface area contributed by atoms with Crippen LogP contribution in [0.3, 0.4) is 0 Å². The van der Waals surface area contributed by atoms with Gasteiger partial charge in [0, 0.05) is 17.3 Å². The Labute approximate surface area is 89.1 Å². The maximum absolute atomic E-state index is 11.3. The molecule has 1 rings (SSSR count). The molecule has 0 unspecified atom stereocenters. The highest BCUT2D eigenvalue weighted by atomic mass is 32.2. The molecule has 0 fully saturated rings. The summed E-state index contributed by atoms with van der Waals surface area (Å²) in [7, 11) is 0. The van der Waals surface area contributed by atoms with Crippen LogP contribution >= 0.6 is 11.8 Å². The molecule has 76 valence electrons. The standard InChI is InChI=1S/C11H15NOS/c1-8(2)12-10-6-4-9(5-7-10)11(13)14-3/h4-8,12H,1-3H3. The maximum Gasteiger partial charge on any atom is 0.219 e. The zero-order chi connectivity index (χ0) is 10.6. The number of carbonyl (C=O) groups excluding carboxylic acids is 1. The lowest BCUT2D eigenvalue weighted by Gasteiger charge is -2.09. The van der Waals surface area contributed by atoms with Crippen molar-refractivity contribution < 1.29 is 4.79 Å². The van der Waals surface area contributed by atoms with Crippen molar-refractivity contribution in [1.29, 1.82) is 0 Å². The normalized spacial score (nSPS) is 10.3. The van der Waals surface area contributed by atoms with Crippen molar-refractivity contribution in [2.75, 3.05) is 11.6 Å². The first-order chi connectivity index (χ1) is 6.63. The molecule has 1 N–H and O–H groups in total. The third kappa shape index (κ3) is 3.07. The monoisotopic (exact) mass is 209 g/mol. The van der Waals surface area contributed by atoms with Crippen LogP contribution in [-0.4, -0.2) is 17.4 Å². The molecule has 0 saturated carbocycles. The topological polar surface area (TPSA) is 29.1 Å². The van der Waals surface area contributed by atoms with Gasteiger partial charge in [-0.15, -0.1) is 0 Å². The second kappa shape index (κ2) is 5.05. The number of nitrogens with one attached hydrogen (secondary N) is 1. The van der Waals surface area contributed by atoms with Crippen LogP contribution in [0.4, 0.5) is 5.69 Å². The fourth-order valence-corrected chi connectivity index (χ4v) is 1.53. The molecule has 0 radical (unpaired) electrons. The van der Waals surface area contributed by atoms with E-state index in [4.69, 9.17) is 0 Å². The molecule has 14 heavy (non-hydrogen) atoms. The van der Waals surface area contributed by atoms with Gasteiger partial charge in [-0.2, -0.15) is 0 Å². The van der Waals surface area contributed by atoms with E-state index < -0.39 is 0 Å². The number of thioether (sulfide) groups is 1. The first kappa shape index (κ1) is 11.1. The van der Waals surface area contributed by atoms with Crippen LogP contribution in [0, 0.1) is 0 Å². The lowest BCUT2D eigenvalue weighted by atomic mass is 10.2. The van der Waals surface area contributed by atoms with Crippen LogP contribution in [-0.2, 0) is 0 Å². The number of carbonyl (C=O) groups is 1. The smallest absolute Gasteiger partial charge is 0.219 e. The minimum atomic E-state index is 0.112. The molecule has 1 aromatic carbocycles. The van der Waals surface area contributed by atoms with Gasteiger partial charge in [0.1, 0.15) is 0 Å². The minimum Gasteiger partial charge on any atom is -0.383 e. The number of hydrogen-bond donors (Lipinski definition) is 1. The van der Waals surface area contributed by atoms with E-state index in [1.54, 1.807) is 6.26 Å². The second-order valence-electron chi connectivity index (χ2n) is 3.37. The summed E-state index contributed by atoms with van der Waals surface area (Å²) in [5, 5.41) is 3.38. The molecule has 0 saturated heterocycles. The molecule has 0 aliphatic rings. The van der Waals surface area contributed by atoms with Crippen LogP contribution in [0.25, 0.3) is 0 Å². The van der Waals surface area contributed by atoms with Crippen LogP contribution in [0.15, 0.2) is 24.3 Å². The summed E-state index contributed by atoms with van der Waals surface area (Å²) in [6.07, 6.45) is 1.79. The Morgan fingerprint density at radius 3 is 2.29 bits per heavy atom. The molecule has 0 atom stereocenters. The van der Waals surface area contributed by atoms with Crippen LogP contribution < -0.4 is 5.32 Å². The van der Waals surface area contributed by atoms with Crippen LogP contribution in [0.1, 0.15) is 24.2 Å². The zero-order valence-corrected chi connectivity index (χ0v) is 9.52. The van der Waals surface area contributed by atoms with Gasteiger partial charge in [0.15, 0.2) is 0 Å². The third-order valence-corrected chi connectivity index (χ3v) is 2.37. The second-order valence-corrected chi connectivity index (χ2v) is 4.15. The third-order valence-electron chi connectivity index (χ3n) is 1.76. The summed E-state index contributed by atoms with van der Waals surface area (Å²) in [6, 6.07) is 7.98. The SMILES string of the molecule is CSC(=O)c1ccc(NC(C)C)cc1. The van der Waals surface area contributed by atoms with E-state index in [0.717, 1.165) is 11.3 Å². The quantitative estimate of drug-likeness (QED) is 0.829. The van der Waals surface area contributed by atoms with Gasteiger partial charge >= 0.3 is 0 Å². The van der Waals surface area contributed by atoms with Gasteiger partial charge in [0.2, 0.25) is 5.12 Å². The Morgan fingerprint density at radius 1 is 1.29 bits per heavy atom. The fourth-order valence-electron chi connectivity index (χ4n) is 1.15. The highest BCUT2D eigenvalue weighted by Gasteiger charge is 2.03. The average molecular weight is 209 g/mol. The van der Waals surface area contributed by atoms with Crippen molar-refractivity contribution in [3.05, 3.63) is 29.8 Å². The van der Waals surface area contributed by atoms with Gasteiger partial charge in [-0.25, -0.2) is 0 Å². The first-order valence-electron chi connectivity index (χ1n) is 4.58. The lowest BCUT2D eigenvalue weighted by Crippen LogP contribution is -2.09. The molecular weight excluding hydrogens is 194 g/mol. The first-order valence-corrected chi connectivity index (χ1v) is 5.81. The molecular formula is C11H15NOS. The van der Waals surface area contributed by atoms with Crippen molar-refractivity contribution >= 4 is 22.6 Å². The van der Waals surface area contributed by atoms with Gasteiger partial charge in [-0.05, 0) is 44.4 Å². The molecule has 0 aromatic heterocycles. The average Bonchev–Trinajstić information content (AvgIpc) is 2.17. The van der Waals surface area contributed by atoms with Crippen LogP contribution in [0.5, 0.6) is 0 Å². The molecule has 0 amide bonds. The Balaban J connectivity index is 2.73. The summed E-state index contributed by atoms with van der Waals surface area (Å²) < 4.78 is 0. The van der Waals surface area contributed by atoms with Crippen molar-refractivity contribution in [2.45, 2.75) is 19.9 Å². The van der Waals surface area contributed by atoms with E-state index in [1.165, 1.54) is 11.8 Å². The number of anilines is 1. The highest BCUT2D eigenvalue weighted by Crippen LogP contribution is 2.14. The Morgan fingerprint density at radius 2 is 1.86 bits per heavy atom. The Hall–Kier alpha value is -0.960. The fraction of sp³-hybridized carbons (Fsp3) is 0.364. The largest absolute Gasteiger partial charge is 0.383 e. The van der Waals surface area contributed by atoms with E-state index in [9.17, 15) is 4.79 Å². The van der Waals surface area contributed by atoms with Gasteiger partial charge in [0.25, 0.3) is 0 Å². The predicted octanol–water partition coefficient (Wildman–Crippen LogP) is 3.01. The lowest BCUT2D eigenvalue weighted by molar-refractivity contribution is 0.108.